The van der Waals surface area contributed by atoms with Gasteiger partial charge in [0.15, 0.2) is 11.2 Å². The van der Waals surface area contributed by atoms with Crippen molar-refractivity contribution in [3.8, 4) is 11.8 Å². The fraction of sp³-hybridized carbons (Fsp3) is 0.704. The number of likely N-dealkylation sites (tertiary alicyclic amines) is 1. The van der Waals surface area contributed by atoms with Crippen LogP contribution >= 0.6 is 0 Å². The molecule has 0 saturated carbocycles. The van der Waals surface area contributed by atoms with Crippen LogP contribution in [0, 0.1) is 17.8 Å². The Bertz CT molecular complexity index is 1310. The maximum Gasteiger partial charge on any atom is 0.332 e. The van der Waals surface area contributed by atoms with Crippen LogP contribution in [0.25, 0.3) is 11.2 Å². The number of likely N-dealkylation sites (N-methyl/N-ethyl adjacent to an activating group) is 1. The first-order valence-electron chi connectivity index (χ1n) is 13.7. The third kappa shape index (κ3) is 5.97. The van der Waals surface area contributed by atoms with Gasteiger partial charge in [-0.25, -0.2) is 4.79 Å². The number of piperidine rings is 1. The highest BCUT2D eigenvalue weighted by molar-refractivity contribution is 5.75. The topological polar surface area (TPSA) is 97.8 Å². The number of nitrogens with zero attached hydrogens (tertiary/aromatic N) is 7. The molecule has 2 aliphatic heterocycles. The molecular formula is C27H41N7O4. The van der Waals surface area contributed by atoms with Crippen LogP contribution in [0.3, 0.4) is 0 Å². The molecule has 2 fully saturated rings. The van der Waals surface area contributed by atoms with Crippen molar-refractivity contribution < 1.29 is 9.53 Å². The molecule has 4 heterocycles. The van der Waals surface area contributed by atoms with Crippen LogP contribution in [0.5, 0.6) is 0 Å². The number of fused-ring (bicyclic) bond motifs is 1. The average Bonchev–Trinajstić information content (AvgIpc) is 3.28. The molecule has 0 bridgehead atoms. The number of esters is 1. The highest BCUT2D eigenvalue weighted by atomic mass is 16.5. The number of aromatic nitrogens is 4. The van der Waals surface area contributed by atoms with Crippen molar-refractivity contribution in [2.75, 3.05) is 57.8 Å². The van der Waals surface area contributed by atoms with Gasteiger partial charge >= 0.3 is 11.7 Å². The van der Waals surface area contributed by atoms with E-state index in [2.05, 4.69) is 33.6 Å². The number of carbonyl (C=O) groups is 1. The molecule has 0 aliphatic carbocycles. The minimum atomic E-state index is -0.353. The van der Waals surface area contributed by atoms with Gasteiger partial charge in [0, 0.05) is 39.8 Å². The van der Waals surface area contributed by atoms with E-state index in [-0.39, 0.29) is 29.2 Å². The summed E-state index contributed by atoms with van der Waals surface area (Å²) in [7, 11) is 3.77. The van der Waals surface area contributed by atoms with Crippen molar-refractivity contribution in [2.24, 2.45) is 13.0 Å². The summed E-state index contributed by atoms with van der Waals surface area (Å²) in [6.45, 7) is 12.0. The summed E-state index contributed by atoms with van der Waals surface area (Å²) in [5.41, 5.74) is 0.157. The SMILES string of the molecule is CC#CCn1c(N2CCN(C)CC2)nc2c1c(=O)n(CCCN1CCC(C(=O)OC(C)C)CC1)c(=O)n2C. The highest BCUT2D eigenvalue weighted by Gasteiger charge is 2.27. The van der Waals surface area contributed by atoms with Crippen molar-refractivity contribution in [2.45, 2.75) is 59.2 Å². The number of piperazine rings is 1. The standard InChI is InChI=1S/C27H41N7O4/c1-6-7-12-33-22-23(28-26(33)32-18-16-29(4)17-19-32)30(5)27(37)34(24(22)35)13-8-11-31-14-9-21(10-15-31)25(36)38-20(2)3/h20-21H,8-19H2,1-5H3. The number of rotatable bonds is 8. The maximum absolute atomic E-state index is 13.7. The molecule has 11 nitrogen and oxygen atoms in total. The number of imidazole rings is 1. The van der Waals surface area contributed by atoms with Crippen LogP contribution in [0.4, 0.5) is 5.95 Å². The number of aryl methyl sites for hydroxylation is 1. The fourth-order valence-corrected chi connectivity index (χ4v) is 5.29. The van der Waals surface area contributed by atoms with Crippen molar-refractivity contribution >= 4 is 23.1 Å². The van der Waals surface area contributed by atoms with Crippen LogP contribution in [-0.4, -0.2) is 93.4 Å². The zero-order chi connectivity index (χ0) is 27.4. The van der Waals surface area contributed by atoms with E-state index in [1.165, 1.54) is 9.13 Å². The Morgan fingerprint density at radius 2 is 1.71 bits per heavy atom. The Balaban J connectivity index is 1.51. The molecular weight excluding hydrogens is 486 g/mol. The molecule has 2 aliphatic rings. The van der Waals surface area contributed by atoms with Gasteiger partial charge < -0.3 is 19.4 Å². The summed E-state index contributed by atoms with van der Waals surface area (Å²) >= 11 is 0. The van der Waals surface area contributed by atoms with Gasteiger partial charge in [0.2, 0.25) is 5.95 Å². The van der Waals surface area contributed by atoms with Crippen LogP contribution in [-0.2, 0) is 29.7 Å². The van der Waals surface area contributed by atoms with Gasteiger partial charge in [0.05, 0.1) is 18.6 Å². The quantitative estimate of drug-likeness (QED) is 0.366. The van der Waals surface area contributed by atoms with Crippen LogP contribution < -0.4 is 16.1 Å². The molecule has 0 N–H and O–H groups in total. The molecule has 0 atom stereocenters. The van der Waals surface area contributed by atoms with Gasteiger partial charge in [0.1, 0.15) is 0 Å². The Morgan fingerprint density at radius 3 is 2.34 bits per heavy atom. The summed E-state index contributed by atoms with van der Waals surface area (Å²) in [6.07, 6.45) is 2.11. The van der Waals surface area contributed by atoms with E-state index >= 15 is 0 Å². The Hall–Kier alpha value is -3.10. The maximum atomic E-state index is 13.7. The Morgan fingerprint density at radius 1 is 1.03 bits per heavy atom. The van der Waals surface area contributed by atoms with E-state index in [9.17, 15) is 14.4 Å². The molecule has 11 heteroatoms. The monoisotopic (exact) mass is 527 g/mol. The van der Waals surface area contributed by atoms with Crippen LogP contribution in [0.2, 0.25) is 0 Å². The Kier molecular flexibility index (Phi) is 8.95. The minimum Gasteiger partial charge on any atom is -0.463 e. The molecule has 4 rings (SSSR count). The normalized spacial score (nSPS) is 17.7. The van der Waals surface area contributed by atoms with Gasteiger partial charge in [0.25, 0.3) is 5.56 Å². The second kappa shape index (κ2) is 12.2. The molecule has 208 valence electrons. The molecule has 0 amide bonds. The van der Waals surface area contributed by atoms with E-state index < -0.39 is 0 Å². The lowest BCUT2D eigenvalue weighted by atomic mass is 9.97. The second-order valence-corrected chi connectivity index (χ2v) is 10.6. The summed E-state index contributed by atoms with van der Waals surface area (Å²) in [5.74, 6) is 6.54. The minimum absolute atomic E-state index is 0.0491. The zero-order valence-corrected chi connectivity index (χ0v) is 23.4. The van der Waals surface area contributed by atoms with E-state index in [0.717, 1.165) is 58.7 Å². The first-order chi connectivity index (χ1) is 18.2. The van der Waals surface area contributed by atoms with Gasteiger partial charge in [-0.05, 0) is 66.7 Å². The summed E-state index contributed by atoms with van der Waals surface area (Å²) in [5, 5.41) is 0. The predicted octanol–water partition coefficient (Wildman–Crippen LogP) is 0.726. The molecule has 2 aromatic heterocycles. The van der Waals surface area contributed by atoms with Gasteiger partial charge in [-0.1, -0.05) is 5.92 Å². The van der Waals surface area contributed by atoms with Crippen LogP contribution in [0.1, 0.15) is 40.0 Å². The lowest BCUT2D eigenvalue weighted by Gasteiger charge is -2.33. The average molecular weight is 528 g/mol. The lowest BCUT2D eigenvalue weighted by molar-refractivity contribution is -0.154. The molecule has 0 spiro atoms. The number of carbonyl (C=O) groups excluding carboxylic acids is 1. The van der Waals surface area contributed by atoms with Crippen molar-refractivity contribution in [1.82, 2.24) is 28.5 Å². The van der Waals surface area contributed by atoms with Gasteiger partial charge in [-0.3, -0.25) is 23.3 Å². The summed E-state index contributed by atoms with van der Waals surface area (Å²) in [6, 6.07) is 0. The second-order valence-electron chi connectivity index (χ2n) is 10.6. The molecule has 0 radical (unpaired) electrons. The van der Waals surface area contributed by atoms with E-state index in [1.54, 1.807) is 14.0 Å². The first kappa shape index (κ1) is 27.9. The predicted molar refractivity (Wildman–Crippen MR) is 147 cm³/mol. The largest absolute Gasteiger partial charge is 0.463 e. The van der Waals surface area contributed by atoms with Gasteiger partial charge in [-0.15, -0.1) is 5.92 Å². The van der Waals surface area contributed by atoms with E-state index in [4.69, 9.17) is 9.72 Å². The smallest absolute Gasteiger partial charge is 0.332 e. The first-order valence-corrected chi connectivity index (χ1v) is 13.7. The van der Waals surface area contributed by atoms with Crippen molar-refractivity contribution in [1.29, 1.82) is 0 Å². The molecule has 0 unspecified atom stereocenters. The fourth-order valence-electron chi connectivity index (χ4n) is 5.29. The van der Waals surface area contributed by atoms with Crippen molar-refractivity contribution in [3.63, 3.8) is 0 Å². The third-order valence-corrected chi connectivity index (χ3v) is 7.54. The van der Waals surface area contributed by atoms with Crippen LogP contribution in [0.15, 0.2) is 9.59 Å². The number of anilines is 1. The van der Waals surface area contributed by atoms with Crippen molar-refractivity contribution in [3.05, 3.63) is 20.8 Å². The summed E-state index contributed by atoms with van der Waals surface area (Å²) < 4.78 is 10.1. The van der Waals surface area contributed by atoms with Gasteiger partial charge in [-0.2, -0.15) is 4.98 Å². The molecule has 2 saturated heterocycles. The lowest BCUT2D eigenvalue weighted by Crippen LogP contribution is -2.45. The molecule has 38 heavy (non-hydrogen) atoms. The zero-order valence-electron chi connectivity index (χ0n) is 23.4. The third-order valence-electron chi connectivity index (χ3n) is 7.54. The molecule has 0 aromatic carbocycles. The Labute approximate surface area is 224 Å². The highest BCUT2D eigenvalue weighted by Crippen LogP contribution is 2.21. The van der Waals surface area contributed by atoms with E-state index in [1.807, 2.05) is 18.4 Å². The number of hydrogen-bond acceptors (Lipinski definition) is 8. The number of hydrogen-bond donors (Lipinski definition) is 0. The van der Waals surface area contributed by atoms with E-state index in [0.29, 0.717) is 36.6 Å². The molecule has 2 aromatic rings. The number of ether oxygens (including phenoxy) is 1. The summed E-state index contributed by atoms with van der Waals surface area (Å²) in [4.78, 5) is 50.6.